The maximum absolute atomic E-state index is 2.35. The van der Waals surface area contributed by atoms with E-state index in [1.54, 1.807) is 0 Å². The van der Waals surface area contributed by atoms with Crippen molar-refractivity contribution in [2.45, 2.75) is 104 Å². The Morgan fingerprint density at radius 2 is 1.26 bits per heavy atom. The molecule has 0 heterocycles. The third kappa shape index (κ3) is 10.6. The van der Waals surface area contributed by atoms with Gasteiger partial charge < -0.3 is 0 Å². The Hall–Kier alpha value is -0.780. The summed E-state index contributed by atoms with van der Waals surface area (Å²) >= 11 is 0. The van der Waals surface area contributed by atoms with Gasteiger partial charge in [-0.1, -0.05) is 114 Å². The molecule has 1 aromatic carbocycles. The van der Waals surface area contributed by atoms with Crippen LogP contribution in [0.2, 0.25) is 0 Å². The molecule has 0 radical (unpaired) electrons. The molecule has 0 fully saturated rings. The molecule has 0 aliphatic carbocycles. The molecular weight excluding hydrogens is 276 g/mol. The van der Waals surface area contributed by atoms with Crippen molar-refractivity contribution in [1.29, 1.82) is 0 Å². The van der Waals surface area contributed by atoms with Gasteiger partial charge >= 0.3 is 0 Å². The van der Waals surface area contributed by atoms with Gasteiger partial charge in [-0.2, -0.15) is 0 Å². The lowest BCUT2D eigenvalue weighted by Crippen LogP contribution is -2.01. The van der Waals surface area contributed by atoms with Crippen LogP contribution in [-0.2, 0) is 6.42 Å². The largest absolute Gasteiger partial charge is 0.0654 e. The molecule has 0 spiro atoms. The summed E-state index contributed by atoms with van der Waals surface area (Å²) in [6.07, 6.45) is 18.4. The molecule has 0 nitrogen and oxygen atoms in total. The van der Waals surface area contributed by atoms with Crippen molar-refractivity contribution < 1.29 is 0 Å². The quantitative estimate of drug-likeness (QED) is 0.306. The van der Waals surface area contributed by atoms with Crippen LogP contribution in [-0.4, -0.2) is 0 Å². The van der Waals surface area contributed by atoms with E-state index in [1.807, 2.05) is 0 Å². The SMILES string of the molecule is CCCCCCCC(CCC)CCCCCc1ccc(C)cc1. The molecule has 132 valence electrons. The van der Waals surface area contributed by atoms with E-state index < -0.39 is 0 Å². The molecule has 1 unspecified atom stereocenters. The molecule has 1 rings (SSSR count). The number of rotatable bonds is 14. The van der Waals surface area contributed by atoms with Crippen molar-refractivity contribution >= 4 is 0 Å². The van der Waals surface area contributed by atoms with Crippen LogP contribution in [0.1, 0.15) is 102 Å². The monoisotopic (exact) mass is 316 g/mol. The van der Waals surface area contributed by atoms with Gasteiger partial charge in [0.25, 0.3) is 0 Å². The first-order valence-corrected chi connectivity index (χ1v) is 10.3. The normalized spacial score (nSPS) is 12.5. The molecule has 0 N–H and O–H groups in total. The zero-order chi connectivity index (χ0) is 16.8. The van der Waals surface area contributed by atoms with E-state index >= 15 is 0 Å². The average molecular weight is 317 g/mol. The van der Waals surface area contributed by atoms with Crippen LogP contribution in [0, 0.1) is 12.8 Å². The van der Waals surface area contributed by atoms with Gasteiger partial charge in [0.2, 0.25) is 0 Å². The molecule has 1 aromatic rings. The lowest BCUT2D eigenvalue weighted by molar-refractivity contribution is 0.379. The van der Waals surface area contributed by atoms with Crippen molar-refractivity contribution in [3.63, 3.8) is 0 Å². The van der Waals surface area contributed by atoms with Crippen LogP contribution in [0.4, 0.5) is 0 Å². The van der Waals surface area contributed by atoms with E-state index in [9.17, 15) is 0 Å². The minimum atomic E-state index is 1.00. The second-order valence-electron chi connectivity index (χ2n) is 7.44. The van der Waals surface area contributed by atoms with E-state index in [-0.39, 0.29) is 0 Å². The summed E-state index contributed by atoms with van der Waals surface area (Å²) < 4.78 is 0. The molecule has 0 aliphatic heterocycles. The Kier molecular flexibility index (Phi) is 12.0. The minimum absolute atomic E-state index is 1.00. The van der Waals surface area contributed by atoms with Gasteiger partial charge in [0.1, 0.15) is 0 Å². The van der Waals surface area contributed by atoms with Gasteiger partial charge in [0.15, 0.2) is 0 Å². The Morgan fingerprint density at radius 1 is 0.652 bits per heavy atom. The van der Waals surface area contributed by atoms with Gasteiger partial charge in [0, 0.05) is 0 Å². The standard InChI is InChI=1S/C23H40/c1-4-6-7-8-10-14-22(13-5-2)15-11-9-12-16-23-19-17-21(3)18-20-23/h17-20,22H,4-16H2,1-3H3. The van der Waals surface area contributed by atoms with Gasteiger partial charge in [-0.3, -0.25) is 0 Å². The molecule has 0 bridgehead atoms. The van der Waals surface area contributed by atoms with Crippen molar-refractivity contribution in [3.05, 3.63) is 35.4 Å². The van der Waals surface area contributed by atoms with Crippen LogP contribution < -0.4 is 0 Å². The lowest BCUT2D eigenvalue weighted by atomic mass is 9.90. The van der Waals surface area contributed by atoms with Crippen molar-refractivity contribution in [2.75, 3.05) is 0 Å². The number of hydrogen-bond donors (Lipinski definition) is 0. The molecule has 0 aliphatic rings. The molecular formula is C23H40. The number of aryl methyl sites for hydroxylation is 2. The highest BCUT2D eigenvalue weighted by atomic mass is 14.1. The third-order valence-corrected chi connectivity index (χ3v) is 5.11. The Balaban J connectivity index is 2.08. The second-order valence-corrected chi connectivity index (χ2v) is 7.44. The molecule has 0 saturated heterocycles. The van der Waals surface area contributed by atoms with E-state index in [0.29, 0.717) is 0 Å². The summed E-state index contributed by atoms with van der Waals surface area (Å²) in [5.41, 5.74) is 2.88. The van der Waals surface area contributed by atoms with Gasteiger partial charge in [-0.25, -0.2) is 0 Å². The highest BCUT2D eigenvalue weighted by molar-refractivity contribution is 5.21. The van der Waals surface area contributed by atoms with Gasteiger partial charge in [-0.15, -0.1) is 0 Å². The predicted octanol–water partition coefficient (Wildman–Crippen LogP) is 7.87. The number of unbranched alkanes of at least 4 members (excludes halogenated alkanes) is 6. The number of benzene rings is 1. The van der Waals surface area contributed by atoms with Gasteiger partial charge in [0.05, 0.1) is 0 Å². The molecule has 0 aromatic heterocycles. The fraction of sp³-hybridized carbons (Fsp3) is 0.739. The first kappa shape index (κ1) is 20.3. The first-order chi connectivity index (χ1) is 11.3. The van der Waals surface area contributed by atoms with Crippen molar-refractivity contribution in [3.8, 4) is 0 Å². The molecule has 0 heteroatoms. The van der Waals surface area contributed by atoms with E-state index in [1.165, 1.54) is 94.6 Å². The highest BCUT2D eigenvalue weighted by Crippen LogP contribution is 2.23. The van der Waals surface area contributed by atoms with Crippen molar-refractivity contribution in [1.82, 2.24) is 0 Å². The number of hydrogen-bond acceptors (Lipinski definition) is 0. The molecule has 0 amide bonds. The van der Waals surface area contributed by atoms with Gasteiger partial charge in [-0.05, 0) is 31.2 Å². The fourth-order valence-electron chi connectivity index (χ4n) is 3.57. The van der Waals surface area contributed by atoms with E-state index in [0.717, 1.165) is 5.92 Å². The topological polar surface area (TPSA) is 0 Å². The highest BCUT2D eigenvalue weighted by Gasteiger charge is 2.07. The molecule has 23 heavy (non-hydrogen) atoms. The summed E-state index contributed by atoms with van der Waals surface area (Å²) in [7, 11) is 0. The summed E-state index contributed by atoms with van der Waals surface area (Å²) in [6, 6.07) is 9.08. The lowest BCUT2D eigenvalue weighted by Gasteiger charge is -2.16. The zero-order valence-electron chi connectivity index (χ0n) is 16.1. The van der Waals surface area contributed by atoms with Crippen LogP contribution in [0.15, 0.2) is 24.3 Å². The zero-order valence-corrected chi connectivity index (χ0v) is 16.1. The summed E-state index contributed by atoms with van der Waals surface area (Å²) in [4.78, 5) is 0. The maximum atomic E-state index is 2.35. The summed E-state index contributed by atoms with van der Waals surface area (Å²) in [5.74, 6) is 1.00. The Bertz CT molecular complexity index is 362. The van der Waals surface area contributed by atoms with Crippen LogP contribution in [0.3, 0.4) is 0 Å². The summed E-state index contributed by atoms with van der Waals surface area (Å²) in [5, 5.41) is 0. The van der Waals surface area contributed by atoms with Crippen molar-refractivity contribution in [2.24, 2.45) is 5.92 Å². The smallest absolute Gasteiger partial charge is 0.0279 e. The summed E-state index contributed by atoms with van der Waals surface area (Å²) in [6.45, 7) is 6.82. The molecule has 1 atom stereocenters. The van der Waals surface area contributed by atoms with Crippen LogP contribution in [0.25, 0.3) is 0 Å². The average Bonchev–Trinajstić information content (AvgIpc) is 2.56. The Labute approximate surface area is 146 Å². The molecule has 0 saturated carbocycles. The predicted molar refractivity (Wildman–Crippen MR) is 105 cm³/mol. The Morgan fingerprint density at radius 3 is 1.87 bits per heavy atom. The second kappa shape index (κ2) is 13.6. The van der Waals surface area contributed by atoms with E-state index in [4.69, 9.17) is 0 Å². The van der Waals surface area contributed by atoms with Crippen LogP contribution in [0.5, 0.6) is 0 Å². The minimum Gasteiger partial charge on any atom is -0.0654 e. The first-order valence-electron chi connectivity index (χ1n) is 10.3. The van der Waals surface area contributed by atoms with E-state index in [2.05, 4.69) is 45.0 Å². The fourth-order valence-corrected chi connectivity index (χ4v) is 3.57. The maximum Gasteiger partial charge on any atom is -0.0279 e. The third-order valence-electron chi connectivity index (χ3n) is 5.11. The van der Waals surface area contributed by atoms with Crippen LogP contribution >= 0.6 is 0 Å².